The van der Waals surface area contributed by atoms with Crippen LogP contribution >= 0.6 is 0 Å². The normalized spacial score (nSPS) is 12.7. The highest BCUT2D eigenvalue weighted by Gasteiger charge is 2.20. The first kappa shape index (κ1) is 69.3. The molecule has 0 saturated heterocycles. The second-order valence-electron chi connectivity index (χ2n) is 22.1. The van der Waals surface area contributed by atoms with Crippen molar-refractivity contribution in [2.24, 2.45) is 0 Å². The molecule has 0 aliphatic carbocycles. The van der Waals surface area contributed by atoms with Crippen LogP contribution in [0.2, 0.25) is 0 Å². The second kappa shape index (κ2) is 60.9. The smallest absolute Gasteiger partial charge is 0.305 e. The summed E-state index contributed by atoms with van der Waals surface area (Å²) in [6.45, 7) is 4.96. The molecule has 6 heteroatoms. The van der Waals surface area contributed by atoms with Crippen molar-refractivity contribution in [2.75, 3.05) is 13.2 Å². The Morgan fingerprint density at radius 2 is 0.662 bits per heavy atom. The minimum absolute atomic E-state index is 0.00559. The second-order valence-corrected chi connectivity index (χ2v) is 22.1. The number of aliphatic hydroxyl groups is 2. The number of carbonyl (C=O) groups excluding carboxylic acids is 2. The molecule has 0 aliphatic rings. The highest BCUT2D eigenvalue weighted by Crippen LogP contribution is 2.18. The summed E-state index contributed by atoms with van der Waals surface area (Å²) in [5.74, 6) is -0.0323. The van der Waals surface area contributed by atoms with Crippen LogP contribution in [0, 0.1) is 0 Å². The van der Waals surface area contributed by atoms with Gasteiger partial charge in [0.15, 0.2) is 0 Å². The summed E-state index contributed by atoms with van der Waals surface area (Å²) in [7, 11) is 0. The molecule has 3 N–H and O–H groups in total. The molecule has 0 aromatic heterocycles. The van der Waals surface area contributed by atoms with E-state index in [1.807, 2.05) is 0 Å². The Morgan fingerprint density at radius 3 is 1.00 bits per heavy atom. The number of amides is 1. The van der Waals surface area contributed by atoms with Crippen LogP contribution < -0.4 is 5.32 Å². The van der Waals surface area contributed by atoms with Gasteiger partial charge in [-0.25, -0.2) is 0 Å². The molecule has 1 amide bonds. The summed E-state index contributed by atoms with van der Waals surface area (Å²) < 4.78 is 5.49. The average Bonchev–Trinajstić information content (AvgIpc) is 3.37. The fraction of sp³-hybridized carbons (Fsp3) is 0.908. The van der Waals surface area contributed by atoms with E-state index in [2.05, 4.69) is 43.5 Å². The van der Waals surface area contributed by atoms with Crippen LogP contribution in [0.4, 0.5) is 0 Å². The first-order valence-corrected chi connectivity index (χ1v) is 32.1. The highest BCUT2D eigenvalue weighted by atomic mass is 16.5. The Balaban J connectivity index is 3.39. The number of ether oxygens (including phenoxy) is 1. The summed E-state index contributed by atoms with van der Waals surface area (Å²) in [4.78, 5) is 24.5. The minimum atomic E-state index is -0.666. The van der Waals surface area contributed by atoms with Crippen LogP contribution in [0.15, 0.2) is 24.3 Å². The number of hydrogen-bond donors (Lipinski definition) is 3. The quantitative estimate of drug-likeness (QED) is 0.0320. The fourth-order valence-electron chi connectivity index (χ4n) is 10.0. The molecule has 0 fully saturated rings. The molecule has 0 radical (unpaired) electrons. The molecule has 6 nitrogen and oxygen atoms in total. The van der Waals surface area contributed by atoms with Gasteiger partial charge in [-0.05, 0) is 77.0 Å². The molecule has 2 atom stereocenters. The molecule has 71 heavy (non-hydrogen) atoms. The zero-order chi connectivity index (χ0) is 51.4. The maximum Gasteiger partial charge on any atom is 0.305 e. The number of hydrogen-bond acceptors (Lipinski definition) is 5. The third kappa shape index (κ3) is 57.5. The Morgan fingerprint density at radius 1 is 0.380 bits per heavy atom. The van der Waals surface area contributed by atoms with Crippen molar-refractivity contribution >= 4 is 11.9 Å². The highest BCUT2D eigenvalue weighted by molar-refractivity contribution is 5.76. The van der Waals surface area contributed by atoms with Crippen molar-refractivity contribution in [2.45, 2.75) is 366 Å². The lowest BCUT2D eigenvalue weighted by Crippen LogP contribution is -2.45. The fourth-order valence-corrected chi connectivity index (χ4v) is 10.0. The monoisotopic (exact) mass is 1000 g/mol. The van der Waals surface area contributed by atoms with Crippen LogP contribution in [0.25, 0.3) is 0 Å². The summed E-state index contributed by atoms with van der Waals surface area (Å²) in [5.41, 5.74) is 0. The third-order valence-corrected chi connectivity index (χ3v) is 15.0. The van der Waals surface area contributed by atoms with Gasteiger partial charge >= 0.3 is 5.97 Å². The molecule has 2 unspecified atom stereocenters. The molecule has 420 valence electrons. The van der Waals surface area contributed by atoms with Crippen LogP contribution in [0.1, 0.15) is 354 Å². The van der Waals surface area contributed by atoms with E-state index < -0.39 is 12.1 Å². The van der Waals surface area contributed by atoms with Crippen molar-refractivity contribution in [1.82, 2.24) is 5.32 Å². The standard InChI is InChI=1S/C65H125NO5/c1-3-5-7-9-11-13-15-17-19-31-35-39-43-47-51-55-59-65(70)71-60-56-52-48-44-40-36-32-29-27-25-23-21-20-22-24-26-28-30-34-38-42-46-50-54-58-64(69)66-62(61-67)63(68)57-53-49-45-41-37-33-18-16-14-12-10-8-6-4-2/h19,22,24,31,62-63,67-68H,3-18,20-21,23,25-30,32-61H2,1-2H3,(H,66,69)/b24-22-,31-19-. The van der Waals surface area contributed by atoms with E-state index in [1.165, 1.54) is 276 Å². The summed E-state index contributed by atoms with van der Waals surface area (Å²) in [6.07, 6.45) is 74.8. The van der Waals surface area contributed by atoms with Crippen LogP contribution in [-0.4, -0.2) is 47.4 Å². The Kier molecular flexibility index (Phi) is 59.5. The van der Waals surface area contributed by atoms with Gasteiger partial charge in [-0.3, -0.25) is 9.59 Å². The largest absolute Gasteiger partial charge is 0.466 e. The maximum absolute atomic E-state index is 12.5. The number of allylic oxidation sites excluding steroid dienone is 4. The SMILES string of the molecule is CCCCCCCCC/C=C\CCCCCCCC(=O)OCCCCCCCCCCCCCC/C=C\CCCCCCCCCCC(=O)NC(CO)C(O)CCCCCCCCCCCCCCCC. The zero-order valence-electron chi connectivity index (χ0n) is 48.0. The van der Waals surface area contributed by atoms with Gasteiger partial charge in [0, 0.05) is 12.8 Å². The van der Waals surface area contributed by atoms with Gasteiger partial charge in [0.05, 0.1) is 25.4 Å². The van der Waals surface area contributed by atoms with Crippen molar-refractivity contribution in [3.05, 3.63) is 24.3 Å². The van der Waals surface area contributed by atoms with Gasteiger partial charge < -0.3 is 20.3 Å². The molecule has 0 spiro atoms. The summed E-state index contributed by atoms with van der Waals surface area (Å²) in [6, 6.07) is -0.544. The lowest BCUT2D eigenvalue weighted by Gasteiger charge is -2.22. The molecule has 0 saturated carbocycles. The number of aliphatic hydroxyl groups excluding tert-OH is 2. The van der Waals surface area contributed by atoms with E-state index in [1.54, 1.807) is 0 Å². The lowest BCUT2D eigenvalue weighted by atomic mass is 10.0. The number of nitrogens with one attached hydrogen (secondary N) is 1. The minimum Gasteiger partial charge on any atom is -0.466 e. The summed E-state index contributed by atoms with van der Waals surface area (Å²) >= 11 is 0. The van der Waals surface area contributed by atoms with E-state index in [0.29, 0.717) is 25.9 Å². The molecule has 0 aliphatic heterocycles. The summed E-state index contributed by atoms with van der Waals surface area (Å²) in [5, 5.41) is 23.3. The van der Waals surface area contributed by atoms with E-state index in [-0.39, 0.29) is 18.5 Å². The molecule has 0 aromatic carbocycles. The van der Waals surface area contributed by atoms with E-state index >= 15 is 0 Å². The molecule has 0 bridgehead atoms. The topological polar surface area (TPSA) is 95.9 Å². The van der Waals surface area contributed by atoms with Crippen molar-refractivity contribution < 1.29 is 24.5 Å². The zero-order valence-corrected chi connectivity index (χ0v) is 48.0. The van der Waals surface area contributed by atoms with Crippen molar-refractivity contribution in [3.8, 4) is 0 Å². The molecule has 0 aromatic rings. The van der Waals surface area contributed by atoms with Gasteiger partial charge in [-0.1, -0.05) is 289 Å². The van der Waals surface area contributed by atoms with E-state index in [4.69, 9.17) is 4.74 Å². The third-order valence-electron chi connectivity index (χ3n) is 15.0. The first-order valence-electron chi connectivity index (χ1n) is 32.1. The number of unbranched alkanes of at least 4 members (excludes halogenated alkanes) is 45. The van der Waals surface area contributed by atoms with Gasteiger partial charge in [-0.2, -0.15) is 0 Å². The van der Waals surface area contributed by atoms with Crippen LogP contribution in [0.5, 0.6) is 0 Å². The molecule has 0 rings (SSSR count). The van der Waals surface area contributed by atoms with Gasteiger partial charge in [0.2, 0.25) is 5.91 Å². The van der Waals surface area contributed by atoms with Crippen molar-refractivity contribution in [1.29, 1.82) is 0 Å². The molecular formula is C65H125NO5. The number of rotatable bonds is 60. The molecular weight excluding hydrogens is 875 g/mol. The van der Waals surface area contributed by atoms with E-state index in [9.17, 15) is 19.8 Å². The number of esters is 1. The van der Waals surface area contributed by atoms with Crippen LogP contribution in [0.3, 0.4) is 0 Å². The Hall–Kier alpha value is -1.66. The van der Waals surface area contributed by atoms with E-state index in [0.717, 1.165) is 44.9 Å². The maximum atomic E-state index is 12.5. The predicted molar refractivity (Wildman–Crippen MR) is 310 cm³/mol. The predicted octanol–water partition coefficient (Wildman–Crippen LogP) is 20.2. The van der Waals surface area contributed by atoms with Gasteiger partial charge in [0.1, 0.15) is 0 Å². The lowest BCUT2D eigenvalue weighted by molar-refractivity contribution is -0.143. The Labute approximate surface area is 443 Å². The van der Waals surface area contributed by atoms with Crippen molar-refractivity contribution in [3.63, 3.8) is 0 Å². The number of carbonyl (C=O) groups is 2. The first-order chi connectivity index (χ1) is 35.0. The van der Waals surface area contributed by atoms with Gasteiger partial charge in [-0.15, -0.1) is 0 Å². The van der Waals surface area contributed by atoms with Gasteiger partial charge in [0.25, 0.3) is 0 Å². The average molecular weight is 1000 g/mol. The van der Waals surface area contributed by atoms with Crippen LogP contribution in [-0.2, 0) is 14.3 Å². The molecule has 0 heterocycles. The Bertz CT molecular complexity index is 1110.